The van der Waals surface area contributed by atoms with E-state index in [0.29, 0.717) is 0 Å². The van der Waals surface area contributed by atoms with Crippen molar-refractivity contribution in [1.82, 2.24) is 0 Å². The monoisotopic (exact) mass is 813 g/mol. The molecule has 0 spiro atoms. The molecule has 11 aromatic carbocycles. The summed E-state index contributed by atoms with van der Waals surface area (Å²) < 4.78 is 0. The van der Waals surface area contributed by atoms with Crippen molar-refractivity contribution < 1.29 is 0 Å². The summed E-state index contributed by atoms with van der Waals surface area (Å²) in [6, 6.07) is 95.8. The highest BCUT2D eigenvalue weighted by molar-refractivity contribution is 5.92. The zero-order valence-corrected chi connectivity index (χ0v) is 35.3. The zero-order valence-electron chi connectivity index (χ0n) is 35.3. The van der Waals surface area contributed by atoms with Crippen molar-refractivity contribution in [3.8, 4) is 44.5 Å². The lowest BCUT2D eigenvalue weighted by atomic mass is 9.68. The summed E-state index contributed by atoms with van der Waals surface area (Å²) in [5.41, 5.74) is 17.7. The Morgan fingerprint density at radius 3 is 1.23 bits per heavy atom. The molecular formula is C63H43N. The Hall–Kier alpha value is -8.26. The second-order valence-corrected chi connectivity index (χ2v) is 16.9. The summed E-state index contributed by atoms with van der Waals surface area (Å²) in [6.07, 6.45) is 0. The molecule has 1 aliphatic carbocycles. The van der Waals surface area contributed by atoms with E-state index < -0.39 is 5.41 Å². The largest absolute Gasteiger partial charge is 0.310 e. The van der Waals surface area contributed by atoms with Gasteiger partial charge in [-0.25, -0.2) is 0 Å². The van der Waals surface area contributed by atoms with Crippen LogP contribution in [0.3, 0.4) is 0 Å². The first-order valence-corrected chi connectivity index (χ1v) is 22.2. The van der Waals surface area contributed by atoms with Gasteiger partial charge in [0, 0.05) is 17.1 Å². The van der Waals surface area contributed by atoms with Crippen molar-refractivity contribution in [2.24, 2.45) is 0 Å². The van der Waals surface area contributed by atoms with Gasteiger partial charge in [0.15, 0.2) is 0 Å². The summed E-state index contributed by atoms with van der Waals surface area (Å²) in [6.45, 7) is 0. The van der Waals surface area contributed by atoms with Gasteiger partial charge < -0.3 is 4.90 Å². The Morgan fingerprint density at radius 1 is 0.234 bits per heavy atom. The van der Waals surface area contributed by atoms with Gasteiger partial charge in [-0.05, 0) is 143 Å². The Balaban J connectivity index is 0.981. The van der Waals surface area contributed by atoms with Crippen LogP contribution >= 0.6 is 0 Å². The second kappa shape index (κ2) is 15.6. The number of anilines is 3. The Bertz CT molecular complexity index is 3440. The fourth-order valence-electron chi connectivity index (χ4n) is 10.2. The third-order valence-electron chi connectivity index (χ3n) is 13.3. The molecular weight excluding hydrogens is 771 g/mol. The van der Waals surface area contributed by atoms with Crippen LogP contribution < -0.4 is 4.90 Å². The Labute approximate surface area is 374 Å². The number of benzene rings is 11. The van der Waals surface area contributed by atoms with Gasteiger partial charge >= 0.3 is 0 Å². The van der Waals surface area contributed by atoms with Crippen LogP contribution in [0.5, 0.6) is 0 Å². The summed E-state index contributed by atoms with van der Waals surface area (Å²) >= 11 is 0. The molecule has 0 amide bonds. The molecule has 0 atom stereocenters. The number of fused-ring (bicyclic) bond motifs is 5. The summed E-state index contributed by atoms with van der Waals surface area (Å²) in [5.74, 6) is 0. The molecule has 0 heterocycles. The van der Waals surface area contributed by atoms with E-state index in [-0.39, 0.29) is 0 Å². The van der Waals surface area contributed by atoms with Gasteiger partial charge in [0.1, 0.15) is 0 Å². The fraction of sp³-hybridized carbons (Fsp3) is 0.0159. The van der Waals surface area contributed by atoms with Crippen LogP contribution in [0.4, 0.5) is 17.1 Å². The van der Waals surface area contributed by atoms with Gasteiger partial charge in [0.25, 0.3) is 0 Å². The first-order chi connectivity index (χ1) is 31.7. The molecule has 11 aromatic rings. The summed E-state index contributed by atoms with van der Waals surface area (Å²) in [5, 5.41) is 5.00. The number of hydrogen-bond acceptors (Lipinski definition) is 1. The van der Waals surface area contributed by atoms with Crippen LogP contribution in [0.2, 0.25) is 0 Å². The van der Waals surface area contributed by atoms with E-state index in [1.165, 1.54) is 88.3 Å². The molecule has 0 fully saturated rings. The molecule has 0 saturated heterocycles. The second-order valence-electron chi connectivity index (χ2n) is 16.9. The summed E-state index contributed by atoms with van der Waals surface area (Å²) in [4.78, 5) is 2.41. The highest BCUT2D eigenvalue weighted by Crippen LogP contribution is 2.57. The lowest BCUT2D eigenvalue weighted by Gasteiger charge is -2.34. The van der Waals surface area contributed by atoms with Crippen molar-refractivity contribution >= 4 is 38.6 Å². The van der Waals surface area contributed by atoms with Crippen LogP contribution in [0.25, 0.3) is 66.1 Å². The van der Waals surface area contributed by atoms with Crippen molar-refractivity contribution in [3.05, 3.63) is 283 Å². The number of nitrogens with zero attached hydrogens (tertiary/aromatic N) is 1. The molecule has 0 N–H and O–H groups in total. The van der Waals surface area contributed by atoms with E-state index in [1.54, 1.807) is 0 Å². The summed E-state index contributed by atoms with van der Waals surface area (Å²) in [7, 11) is 0. The standard InChI is InChI=1S/C63H43N/c1-3-20-54(21-4-1)63(55-22-5-2-6-23-55)61-25-12-11-24-59(61)60-43-58(38-39-62(60)63)64(57-36-32-47(33-37-57)52-28-26-44-14-7-9-16-48(44)41-52)56-34-30-46(31-35-56)50-18-13-19-51(40-50)53-29-27-45-15-8-10-17-49(45)42-53/h1-43H. The molecule has 12 rings (SSSR count). The average Bonchev–Trinajstić information content (AvgIpc) is 3.67. The first kappa shape index (κ1) is 37.5. The van der Waals surface area contributed by atoms with Gasteiger partial charge in [0.2, 0.25) is 0 Å². The Kier molecular flexibility index (Phi) is 9.13. The molecule has 1 aliphatic rings. The van der Waals surface area contributed by atoms with Gasteiger partial charge in [-0.1, -0.05) is 206 Å². The van der Waals surface area contributed by atoms with Crippen LogP contribution in [-0.2, 0) is 5.41 Å². The third-order valence-corrected chi connectivity index (χ3v) is 13.3. The molecule has 64 heavy (non-hydrogen) atoms. The van der Waals surface area contributed by atoms with E-state index in [1.807, 2.05) is 0 Å². The SMILES string of the molecule is c1ccc(C2(c3ccccc3)c3ccccc3-c3cc(N(c4ccc(-c5cccc(-c6ccc7ccccc7c6)c5)cc4)c4ccc(-c5ccc6ccccc6c5)cc4)ccc32)cc1. The third kappa shape index (κ3) is 6.32. The quantitative estimate of drug-likeness (QED) is 0.148. The van der Waals surface area contributed by atoms with Crippen molar-refractivity contribution in [2.45, 2.75) is 5.41 Å². The first-order valence-electron chi connectivity index (χ1n) is 22.2. The molecule has 300 valence electrons. The van der Waals surface area contributed by atoms with Gasteiger partial charge in [-0.3, -0.25) is 0 Å². The maximum Gasteiger partial charge on any atom is 0.0713 e. The predicted molar refractivity (Wildman–Crippen MR) is 270 cm³/mol. The maximum atomic E-state index is 2.42. The maximum absolute atomic E-state index is 2.42. The van der Waals surface area contributed by atoms with Crippen molar-refractivity contribution in [3.63, 3.8) is 0 Å². The van der Waals surface area contributed by atoms with Gasteiger partial charge in [-0.15, -0.1) is 0 Å². The molecule has 0 unspecified atom stereocenters. The minimum Gasteiger partial charge on any atom is -0.310 e. The lowest BCUT2D eigenvalue weighted by molar-refractivity contribution is 0.768. The van der Waals surface area contributed by atoms with Crippen LogP contribution in [0.1, 0.15) is 22.3 Å². The lowest BCUT2D eigenvalue weighted by Crippen LogP contribution is -2.28. The molecule has 0 saturated carbocycles. The van der Waals surface area contributed by atoms with Crippen molar-refractivity contribution in [1.29, 1.82) is 0 Å². The van der Waals surface area contributed by atoms with Crippen LogP contribution in [0.15, 0.2) is 261 Å². The highest BCUT2D eigenvalue weighted by Gasteiger charge is 2.46. The molecule has 0 aliphatic heterocycles. The van der Waals surface area contributed by atoms with E-state index in [4.69, 9.17) is 0 Å². The molecule has 1 nitrogen and oxygen atoms in total. The smallest absolute Gasteiger partial charge is 0.0713 e. The molecule has 0 aromatic heterocycles. The molecule has 1 heteroatoms. The van der Waals surface area contributed by atoms with E-state index in [2.05, 4.69) is 266 Å². The Morgan fingerprint density at radius 2 is 0.656 bits per heavy atom. The number of hydrogen-bond donors (Lipinski definition) is 0. The van der Waals surface area contributed by atoms with Gasteiger partial charge in [-0.2, -0.15) is 0 Å². The normalized spacial score (nSPS) is 12.5. The zero-order chi connectivity index (χ0) is 42.5. The average molecular weight is 814 g/mol. The van der Waals surface area contributed by atoms with E-state index in [9.17, 15) is 0 Å². The fourth-order valence-corrected chi connectivity index (χ4v) is 10.2. The predicted octanol–water partition coefficient (Wildman–Crippen LogP) is 16.8. The van der Waals surface area contributed by atoms with E-state index >= 15 is 0 Å². The van der Waals surface area contributed by atoms with Crippen LogP contribution in [-0.4, -0.2) is 0 Å². The topological polar surface area (TPSA) is 3.24 Å². The number of rotatable bonds is 8. The highest BCUT2D eigenvalue weighted by atomic mass is 15.1. The molecule has 0 bridgehead atoms. The minimum absolute atomic E-state index is 0.456. The van der Waals surface area contributed by atoms with Crippen LogP contribution in [0, 0.1) is 0 Å². The molecule has 0 radical (unpaired) electrons. The minimum atomic E-state index is -0.456. The van der Waals surface area contributed by atoms with E-state index in [0.717, 1.165) is 17.1 Å². The van der Waals surface area contributed by atoms with Crippen molar-refractivity contribution in [2.75, 3.05) is 4.90 Å². The van der Waals surface area contributed by atoms with Gasteiger partial charge in [0.05, 0.1) is 5.41 Å².